The lowest BCUT2D eigenvalue weighted by molar-refractivity contribution is -0.125. The smallest absolute Gasteiger partial charge is 0.350 e. The lowest BCUT2D eigenvalue weighted by Crippen LogP contribution is -2.33. The van der Waals surface area contributed by atoms with Gasteiger partial charge in [-0.2, -0.15) is 0 Å². The molecule has 1 fully saturated rings. The minimum absolute atomic E-state index is 0.0624. The number of halogens is 1. The standard InChI is InChI=1S/C23H21FN2O3S/c1-14-21(30-22(25-14)17-9-11-18(24)12-10-17)23(28)29-13-19(27)26-20(16-7-8-16)15-5-3-2-4-6-15/h2-6,9-12,16,20H,7-8,13H2,1H3,(H,26,27). The summed E-state index contributed by atoms with van der Waals surface area (Å²) in [5.41, 5.74) is 2.29. The summed E-state index contributed by atoms with van der Waals surface area (Å²) in [6, 6.07) is 15.7. The number of aromatic nitrogens is 1. The van der Waals surface area contributed by atoms with E-state index in [9.17, 15) is 14.0 Å². The van der Waals surface area contributed by atoms with Crippen molar-refractivity contribution in [1.29, 1.82) is 0 Å². The van der Waals surface area contributed by atoms with Crippen LogP contribution in [0.4, 0.5) is 4.39 Å². The molecule has 5 nitrogen and oxygen atoms in total. The van der Waals surface area contributed by atoms with Crippen LogP contribution in [0, 0.1) is 18.7 Å². The Balaban J connectivity index is 1.37. The van der Waals surface area contributed by atoms with Gasteiger partial charge in [0.15, 0.2) is 6.61 Å². The lowest BCUT2D eigenvalue weighted by Gasteiger charge is -2.18. The van der Waals surface area contributed by atoms with Gasteiger partial charge in [-0.15, -0.1) is 11.3 Å². The predicted octanol–water partition coefficient (Wildman–Crippen LogP) is 4.68. The van der Waals surface area contributed by atoms with Crippen molar-refractivity contribution in [1.82, 2.24) is 10.3 Å². The summed E-state index contributed by atoms with van der Waals surface area (Å²) in [6.07, 6.45) is 2.15. The largest absolute Gasteiger partial charge is 0.451 e. The van der Waals surface area contributed by atoms with E-state index in [1.807, 2.05) is 30.3 Å². The monoisotopic (exact) mass is 424 g/mol. The van der Waals surface area contributed by atoms with Gasteiger partial charge in [-0.1, -0.05) is 30.3 Å². The molecule has 0 saturated heterocycles. The summed E-state index contributed by atoms with van der Waals surface area (Å²) < 4.78 is 18.4. The quantitative estimate of drug-likeness (QED) is 0.559. The molecule has 1 unspecified atom stereocenters. The van der Waals surface area contributed by atoms with Crippen LogP contribution in [-0.4, -0.2) is 23.5 Å². The number of benzene rings is 2. The highest BCUT2D eigenvalue weighted by atomic mass is 32.1. The van der Waals surface area contributed by atoms with E-state index in [1.165, 1.54) is 12.1 Å². The van der Waals surface area contributed by atoms with Crippen molar-refractivity contribution in [2.75, 3.05) is 6.61 Å². The number of nitrogens with zero attached hydrogens (tertiary/aromatic N) is 1. The topological polar surface area (TPSA) is 68.3 Å². The molecule has 1 aliphatic carbocycles. The van der Waals surface area contributed by atoms with E-state index in [0.29, 0.717) is 21.5 Å². The SMILES string of the molecule is Cc1nc(-c2ccc(F)cc2)sc1C(=O)OCC(=O)NC(c1ccccc1)C1CC1. The number of hydrogen-bond donors (Lipinski definition) is 1. The second kappa shape index (κ2) is 8.75. The van der Waals surface area contributed by atoms with Crippen LogP contribution in [0.3, 0.4) is 0 Å². The first-order chi connectivity index (χ1) is 14.5. The first-order valence-corrected chi connectivity index (χ1v) is 10.6. The van der Waals surface area contributed by atoms with Crippen molar-refractivity contribution >= 4 is 23.2 Å². The Morgan fingerprint density at radius 1 is 1.17 bits per heavy atom. The molecule has 1 aliphatic rings. The van der Waals surface area contributed by atoms with Gasteiger partial charge in [0.2, 0.25) is 0 Å². The Labute approximate surface area is 177 Å². The highest BCUT2D eigenvalue weighted by Crippen LogP contribution is 2.40. The van der Waals surface area contributed by atoms with Crippen LogP contribution in [0.1, 0.15) is 39.8 Å². The Morgan fingerprint density at radius 2 is 1.87 bits per heavy atom. The molecule has 0 aliphatic heterocycles. The van der Waals surface area contributed by atoms with Crippen LogP contribution >= 0.6 is 11.3 Å². The number of nitrogens with one attached hydrogen (secondary N) is 1. The summed E-state index contributed by atoms with van der Waals surface area (Å²) in [7, 11) is 0. The van der Waals surface area contributed by atoms with E-state index < -0.39 is 5.97 Å². The van der Waals surface area contributed by atoms with Crippen LogP contribution in [0.25, 0.3) is 10.6 Å². The highest BCUT2D eigenvalue weighted by Gasteiger charge is 2.33. The van der Waals surface area contributed by atoms with Gasteiger partial charge < -0.3 is 10.1 Å². The zero-order valence-corrected chi connectivity index (χ0v) is 17.2. The number of hydrogen-bond acceptors (Lipinski definition) is 5. The fraction of sp³-hybridized carbons (Fsp3) is 0.261. The number of carbonyl (C=O) groups excluding carboxylic acids is 2. The zero-order valence-electron chi connectivity index (χ0n) is 16.4. The number of thiazole rings is 1. The molecule has 7 heteroatoms. The molecule has 1 heterocycles. The van der Waals surface area contributed by atoms with E-state index in [0.717, 1.165) is 35.3 Å². The van der Waals surface area contributed by atoms with E-state index in [-0.39, 0.29) is 24.4 Å². The van der Waals surface area contributed by atoms with Crippen molar-refractivity contribution in [3.63, 3.8) is 0 Å². The lowest BCUT2D eigenvalue weighted by atomic mass is 10.0. The Kier molecular flexibility index (Phi) is 5.90. The molecule has 1 atom stereocenters. The maximum absolute atomic E-state index is 13.1. The molecule has 2 aromatic carbocycles. The highest BCUT2D eigenvalue weighted by molar-refractivity contribution is 7.17. The van der Waals surface area contributed by atoms with Crippen molar-refractivity contribution in [3.05, 3.63) is 76.5 Å². The van der Waals surface area contributed by atoms with Crippen molar-refractivity contribution in [2.45, 2.75) is 25.8 Å². The van der Waals surface area contributed by atoms with Crippen molar-refractivity contribution in [3.8, 4) is 10.6 Å². The number of rotatable bonds is 7. The fourth-order valence-electron chi connectivity index (χ4n) is 3.28. The van der Waals surface area contributed by atoms with E-state index in [2.05, 4.69) is 10.3 Å². The van der Waals surface area contributed by atoms with Gasteiger partial charge in [-0.05, 0) is 55.5 Å². The molecule has 1 aromatic heterocycles. The molecule has 3 aromatic rings. The van der Waals surface area contributed by atoms with Crippen LogP contribution in [0.5, 0.6) is 0 Å². The van der Waals surface area contributed by atoms with Crippen LogP contribution < -0.4 is 5.32 Å². The van der Waals surface area contributed by atoms with Crippen LogP contribution in [0.2, 0.25) is 0 Å². The first-order valence-electron chi connectivity index (χ1n) is 9.76. The van der Waals surface area contributed by atoms with Crippen LogP contribution in [-0.2, 0) is 9.53 Å². The second-order valence-corrected chi connectivity index (χ2v) is 8.31. The Bertz CT molecular complexity index is 1050. The van der Waals surface area contributed by atoms with Gasteiger partial charge in [-0.25, -0.2) is 14.2 Å². The molecule has 0 bridgehead atoms. The third-order valence-electron chi connectivity index (χ3n) is 4.98. The summed E-state index contributed by atoms with van der Waals surface area (Å²) >= 11 is 1.16. The summed E-state index contributed by atoms with van der Waals surface area (Å²) in [6.45, 7) is 1.36. The molecule has 30 heavy (non-hydrogen) atoms. The molecule has 4 rings (SSSR count). The van der Waals surface area contributed by atoms with Gasteiger partial charge in [0.1, 0.15) is 15.7 Å². The molecule has 0 spiro atoms. The third kappa shape index (κ3) is 4.74. The first kappa shape index (κ1) is 20.2. The number of ether oxygens (including phenoxy) is 1. The average Bonchev–Trinajstić information content (AvgIpc) is 3.52. The van der Waals surface area contributed by atoms with Gasteiger partial charge >= 0.3 is 5.97 Å². The average molecular weight is 424 g/mol. The minimum atomic E-state index is -0.587. The number of carbonyl (C=O) groups is 2. The molecule has 1 amide bonds. The Morgan fingerprint density at radius 3 is 2.53 bits per heavy atom. The molecule has 1 N–H and O–H groups in total. The van der Waals surface area contributed by atoms with Crippen molar-refractivity contribution in [2.24, 2.45) is 5.92 Å². The Hall–Kier alpha value is -3.06. The van der Waals surface area contributed by atoms with Gasteiger partial charge in [-0.3, -0.25) is 4.79 Å². The predicted molar refractivity (Wildman–Crippen MR) is 113 cm³/mol. The molecule has 154 valence electrons. The van der Waals surface area contributed by atoms with Crippen LogP contribution in [0.15, 0.2) is 54.6 Å². The third-order valence-corrected chi connectivity index (χ3v) is 6.16. The molecule has 0 radical (unpaired) electrons. The summed E-state index contributed by atoms with van der Waals surface area (Å²) in [5, 5.41) is 3.59. The molecular formula is C23H21FN2O3S. The second-order valence-electron chi connectivity index (χ2n) is 7.31. The van der Waals surface area contributed by atoms with Gasteiger partial charge in [0.05, 0.1) is 11.7 Å². The van der Waals surface area contributed by atoms with E-state index >= 15 is 0 Å². The van der Waals surface area contributed by atoms with Gasteiger partial charge in [0, 0.05) is 5.56 Å². The normalized spacial score (nSPS) is 14.2. The molecule has 1 saturated carbocycles. The van der Waals surface area contributed by atoms with E-state index in [1.54, 1.807) is 19.1 Å². The zero-order chi connectivity index (χ0) is 21.1. The minimum Gasteiger partial charge on any atom is -0.451 e. The number of amides is 1. The maximum Gasteiger partial charge on any atom is 0.350 e. The van der Waals surface area contributed by atoms with Crippen molar-refractivity contribution < 1.29 is 18.7 Å². The summed E-state index contributed by atoms with van der Waals surface area (Å²) in [4.78, 5) is 29.6. The fourth-order valence-corrected chi connectivity index (χ4v) is 4.24. The van der Waals surface area contributed by atoms with E-state index in [4.69, 9.17) is 4.74 Å². The van der Waals surface area contributed by atoms with Gasteiger partial charge in [0.25, 0.3) is 5.91 Å². The number of esters is 1. The maximum atomic E-state index is 13.1. The summed E-state index contributed by atoms with van der Waals surface area (Å²) in [5.74, 6) is -0.826. The number of aryl methyl sites for hydroxylation is 1. The molecular weight excluding hydrogens is 403 g/mol.